The normalized spacial score (nSPS) is 13.6. The molecule has 0 heterocycles. The van der Waals surface area contributed by atoms with E-state index in [1.807, 2.05) is 0 Å². The minimum atomic E-state index is -4.67. The standard InChI is InChI=1S/C19H27F3N2O4/c1-17(2,3)27-15(25)14(24-16(26)28-18(4,5)6)9-11-7-8-12(23)10-13(11)19(20,21)22/h7-8,10,14H,9,23H2,1-6H3,(H,24,26)/t14-/m0/s1. The number of ether oxygens (including phenoxy) is 2. The number of carbonyl (C=O) groups excluding carboxylic acids is 2. The molecule has 1 atom stereocenters. The molecule has 6 nitrogen and oxygen atoms in total. The van der Waals surface area contributed by atoms with Gasteiger partial charge in [-0.25, -0.2) is 9.59 Å². The third-order valence-electron chi connectivity index (χ3n) is 3.25. The van der Waals surface area contributed by atoms with Crippen LogP contribution in [0.15, 0.2) is 18.2 Å². The predicted octanol–water partition coefficient (Wildman–Crippen LogP) is 4.07. The number of nitrogen functional groups attached to an aromatic ring is 1. The van der Waals surface area contributed by atoms with Crippen LogP contribution < -0.4 is 11.1 Å². The molecule has 158 valence electrons. The Kier molecular flexibility index (Phi) is 6.98. The molecule has 0 unspecified atom stereocenters. The molecule has 0 spiro atoms. The maximum absolute atomic E-state index is 13.4. The molecule has 1 aromatic carbocycles. The van der Waals surface area contributed by atoms with E-state index >= 15 is 0 Å². The van der Waals surface area contributed by atoms with Crippen LogP contribution in [-0.4, -0.2) is 29.3 Å². The zero-order valence-corrected chi connectivity index (χ0v) is 16.9. The highest BCUT2D eigenvalue weighted by Crippen LogP contribution is 2.34. The number of benzene rings is 1. The summed E-state index contributed by atoms with van der Waals surface area (Å²) in [6, 6.07) is 1.88. The topological polar surface area (TPSA) is 90.6 Å². The Hall–Kier alpha value is -2.45. The second-order valence-corrected chi connectivity index (χ2v) is 8.35. The van der Waals surface area contributed by atoms with Gasteiger partial charge in [0.25, 0.3) is 0 Å². The first-order valence-corrected chi connectivity index (χ1v) is 8.66. The SMILES string of the molecule is CC(C)(C)OC(=O)N[C@@H](Cc1ccc(N)cc1C(F)(F)F)C(=O)OC(C)(C)C. The molecule has 0 aliphatic heterocycles. The molecule has 0 radical (unpaired) electrons. The Morgan fingerprint density at radius 3 is 2.04 bits per heavy atom. The molecule has 0 aliphatic rings. The summed E-state index contributed by atoms with van der Waals surface area (Å²) in [5, 5.41) is 2.30. The molecule has 0 saturated carbocycles. The number of rotatable bonds is 4. The van der Waals surface area contributed by atoms with Crippen LogP contribution in [0.4, 0.5) is 23.7 Å². The summed E-state index contributed by atoms with van der Waals surface area (Å²) >= 11 is 0. The fourth-order valence-electron chi connectivity index (χ4n) is 2.27. The number of halogens is 3. The average Bonchev–Trinajstić information content (AvgIpc) is 2.43. The lowest BCUT2D eigenvalue weighted by atomic mass is 9.99. The van der Waals surface area contributed by atoms with Crippen molar-refractivity contribution in [3.63, 3.8) is 0 Å². The van der Waals surface area contributed by atoms with E-state index in [0.29, 0.717) is 0 Å². The third kappa shape index (κ3) is 8.06. The first kappa shape index (κ1) is 23.6. The fourth-order valence-corrected chi connectivity index (χ4v) is 2.27. The van der Waals surface area contributed by atoms with Gasteiger partial charge < -0.3 is 20.5 Å². The number of alkyl carbamates (subject to hydrolysis) is 1. The van der Waals surface area contributed by atoms with E-state index in [2.05, 4.69) is 5.32 Å². The van der Waals surface area contributed by atoms with E-state index in [9.17, 15) is 22.8 Å². The van der Waals surface area contributed by atoms with Crippen molar-refractivity contribution in [1.82, 2.24) is 5.32 Å². The predicted molar refractivity (Wildman–Crippen MR) is 98.6 cm³/mol. The van der Waals surface area contributed by atoms with Gasteiger partial charge in [-0.3, -0.25) is 0 Å². The molecular weight excluding hydrogens is 377 g/mol. The van der Waals surface area contributed by atoms with Crippen molar-refractivity contribution < 1.29 is 32.2 Å². The molecule has 0 saturated heterocycles. The molecule has 1 aromatic rings. The lowest BCUT2D eigenvalue weighted by Crippen LogP contribution is -2.47. The Morgan fingerprint density at radius 1 is 1.04 bits per heavy atom. The first-order valence-electron chi connectivity index (χ1n) is 8.66. The van der Waals surface area contributed by atoms with Gasteiger partial charge in [0.1, 0.15) is 17.2 Å². The van der Waals surface area contributed by atoms with Gasteiger partial charge in [0.2, 0.25) is 0 Å². The Morgan fingerprint density at radius 2 is 1.57 bits per heavy atom. The Labute approximate surface area is 162 Å². The van der Waals surface area contributed by atoms with Crippen molar-refractivity contribution in [2.75, 3.05) is 5.73 Å². The lowest BCUT2D eigenvalue weighted by Gasteiger charge is -2.27. The van der Waals surface area contributed by atoms with Gasteiger partial charge in [0.15, 0.2) is 0 Å². The monoisotopic (exact) mass is 404 g/mol. The van der Waals surface area contributed by atoms with Crippen LogP contribution in [0.1, 0.15) is 52.7 Å². The van der Waals surface area contributed by atoms with Gasteiger partial charge in [0.05, 0.1) is 5.56 Å². The van der Waals surface area contributed by atoms with Crippen LogP contribution in [0.3, 0.4) is 0 Å². The molecule has 0 aliphatic carbocycles. The van der Waals surface area contributed by atoms with Gasteiger partial charge in [-0.1, -0.05) is 6.07 Å². The van der Waals surface area contributed by atoms with Crippen molar-refractivity contribution in [2.45, 2.75) is 71.4 Å². The average molecular weight is 404 g/mol. The lowest BCUT2D eigenvalue weighted by molar-refractivity contribution is -0.157. The van der Waals surface area contributed by atoms with E-state index in [4.69, 9.17) is 15.2 Å². The van der Waals surface area contributed by atoms with Crippen molar-refractivity contribution in [3.05, 3.63) is 29.3 Å². The van der Waals surface area contributed by atoms with E-state index in [1.54, 1.807) is 41.5 Å². The van der Waals surface area contributed by atoms with E-state index in [-0.39, 0.29) is 11.3 Å². The van der Waals surface area contributed by atoms with Gasteiger partial charge in [-0.15, -0.1) is 0 Å². The molecule has 28 heavy (non-hydrogen) atoms. The molecule has 0 aromatic heterocycles. The largest absolute Gasteiger partial charge is 0.458 e. The first-order chi connectivity index (χ1) is 12.5. The number of anilines is 1. The smallest absolute Gasteiger partial charge is 0.416 e. The second kappa shape index (κ2) is 8.28. The highest BCUT2D eigenvalue weighted by Gasteiger charge is 2.36. The van der Waals surface area contributed by atoms with E-state index in [0.717, 1.165) is 6.07 Å². The zero-order chi connectivity index (χ0) is 21.9. The summed E-state index contributed by atoms with van der Waals surface area (Å²) in [6.07, 6.45) is -6.05. The summed E-state index contributed by atoms with van der Waals surface area (Å²) in [6.45, 7) is 9.70. The number of alkyl halides is 3. The number of esters is 1. The van der Waals surface area contributed by atoms with Crippen molar-refractivity contribution in [2.24, 2.45) is 0 Å². The van der Waals surface area contributed by atoms with Crippen LogP contribution >= 0.6 is 0 Å². The number of amides is 1. The van der Waals surface area contributed by atoms with Crippen LogP contribution in [0.2, 0.25) is 0 Å². The van der Waals surface area contributed by atoms with Gasteiger partial charge in [0, 0.05) is 12.1 Å². The minimum absolute atomic E-state index is 0.0648. The Bertz CT molecular complexity index is 719. The van der Waals surface area contributed by atoms with Gasteiger partial charge >= 0.3 is 18.2 Å². The highest BCUT2D eigenvalue weighted by atomic mass is 19.4. The van der Waals surface area contributed by atoms with Crippen molar-refractivity contribution in [1.29, 1.82) is 0 Å². The quantitative estimate of drug-likeness (QED) is 0.583. The van der Waals surface area contributed by atoms with Gasteiger partial charge in [-0.05, 0) is 59.2 Å². The summed E-state index contributed by atoms with van der Waals surface area (Å²) in [4.78, 5) is 24.6. The van der Waals surface area contributed by atoms with E-state index < -0.39 is 47.5 Å². The zero-order valence-electron chi connectivity index (χ0n) is 16.9. The van der Waals surface area contributed by atoms with Crippen LogP contribution in [0.25, 0.3) is 0 Å². The molecule has 1 amide bonds. The maximum atomic E-state index is 13.4. The summed E-state index contributed by atoms with van der Waals surface area (Å²) in [7, 11) is 0. The number of hydrogen-bond donors (Lipinski definition) is 2. The number of nitrogens with one attached hydrogen (secondary N) is 1. The van der Waals surface area contributed by atoms with Gasteiger partial charge in [-0.2, -0.15) is 13.2 Å². The molecule has 0 bridgehead atoms. The maximum Gasteiger partial charge on any atom is 0.416 e. The van der Waals surface area contributed by atoms with Crippen molar-refractivity contribution >= 4 is 17.7 Å². The molecule has 1 rings (SSSR count). The summed E-state index contributed by atoms with van der Waals surface area (Å²) in [5.74, 6) is -0.872. The number of hydrogen-bond acceptors (Lipinski definition) is 5. The summed E-state index contributed by atoms with van der Waals surface area (Å²) < 4.78 is 50.4. The number of carbonyl (C=O) groups is 2. The fraction of sp³-hybridized carbons (Fsp3) is 0.579. The van der Waals surface area contributed by atoms with Crippen LogP contribution in [0, 0.1) is 0 Å². The second-order valence-electron chi connectivity index (χ2n) is 8.35. The molecule has 0 fully saturated rings. The third-order valence-corrected chi connectivity index (χ3v) is 3.25. The minimum Gasteiger partial charge on any atom is -0.458 e. The molecule has 9 heteroatoms. The summed E-state index contributed by atoms with van der Waals surface area (Å²) in [5.41, 5.74) is 2.49. The molecular formula is C19H27F3N2O4. The van der Waals surface area contributed by atoms with E-state index in [1.165, 1.54) is 12.1 Å². The highest BCUT2D eigenvalue weighted by molar-refractivity contribution is 5.82. The Balaban J connectivity index is 3.19. The van der Waals surface area contributed by atoms with Crippen LogP contribution in [0.5, 0.6) is 0 Å². The number of nitrogens with two attached hydrogens (primary N) is 1. The molecule has 3 N–H and O–H groups in total. The van der Waals surface area contributed by atoms with Crippen molar-refractivity contribution in [3.8, 4) is 0 Å². The van der Waals surface area contributed by atoms with Crippen LogP contribution in [-0.2, 0) is 26.9 Å².